The first-order chi connectivity index (χ1) is 7.82. The number of benzene rings is 1. The Hall–Kier alpha value is -1.76. The van der Waals surface area contributed by atoms with Gasteiger partial charge in [0, 0.05) is 5.56 Å². The van der Waals surface area contributed by atoms with Crippen molar-refractivity contribution >= 4 is 5.97 Å². The van der Waals surface area contributed by atoms with E-state index in [-0.39, 0.29) is 5.56 Å². The van der Waals surface area contributed by atoms with Crippen molar-refractivity contribution in [3.05, 3.63) is 29.1 Å². The highest BCUT2D eigenvalue weighted by Gasteiger charge is 2.24. The van der Waals surface area contributed by atoms with Crippen LogP contribution >= 0.6 is 0 Å². The van der Waals surface area contributed by atoms with E-state index >= 15 is 0 Å². The topological polar surface area (TPSA) is 66.8 Å². The minimum Gasteiger partial charge on any atom is -0.479 e. The predicted molar refractivity (Wildman–Crippen MR) is 50.4 cm³/mol. The molecule has 1 rings (SSSR count). The highest BCUT2D eigenvalue weighted by Crippen LogP contribution is 2.31. The van der Waals surface area contributed by atoms with Crippen LogP contribution in [0.15, 0.2) is 12.1 Å². The fourth-order valence-corrected chi connectivity index (χ4v) is 1.34. The maximum atomic E-state index is 13.0. The van der Waals surface area contributed by atoms with E-state index in [0.29, 0.717) is 6.07 Å². The zero-order valence-electron chi connectivity index (χ0n) is 8.65. The van der Waals surface area contributed by atoms with Gasteiger partial charge in [-0.2, -0.15) is 8.78 Å². The molecular formula is C10H9F3O4. The van der Waals surface area contributed by atoms with Gasteiger partial charge < -0.3 is 14.9 Å². The summed E-state index contributed by atoms with van der Waals surface area (Å²) in [4.78, 5) is 10.5. The first kappa shape index (κ1) is 13.3. The second-order valence-corrected chi connectivity index (χ2v) is 3.26. The number of ether oxygens (including phenoxy) is 1. The molecule has 1 unspecified atom stereocenters. The zero-order chi connectivity index (χ0) is 13.2. The second kappa shape index (κ2) is 5.05. The van der Waals surface area contributed by atoms with Gasteiger partial charge in [0.15, 0.2) is 6.10 Å². The Morgan fingerprint density at radius 1 is 1.41 bits per heavy atom. The summed E-state index contributed by atoms with van der Waals surface area (Å²) in [6.07, 6.45) is -2.13. The van der Waals surface area contributed by atoms with Gasteiger partial charge in [0.1, 0.15) is 11.6 Å². The number of aliphatic carboxylic acids is 1. The van der Waals surface area contributed by atoms with Crippen molar-refractivity contribution in [2.24, 2.45) is 0 Å². The average molecular weight is 250 g/mol. The minimum absolute atomic E-state index is 0.0272. The van der Waals surface area contributed by atoms with Gasteiger partial charge in [-0.1, -0.05) is 0 Å². The van der Waals surface area contributed by atoms with Crippen LogP contribution in [0.5, 0.6) is 5.75 Å². The van der Waals surface area contributed by atoms with Gasteiger partial charge in [-0.3, -0.25) is 0 Å². The Bertz CT molecular complexity index is 434. The summed E-state index contributed by atoms with van der Waals surface area (Å²) in [7, 11) is 0. The van der Waals surface area contributed by atoms with Gasteiger partial charge in [0.25, 0.3) is 0 Å². The summed E-state index contributed by atoms with van der Waals surface area (Å²) < 4.78 is 41.3. The zero-order valence-corrected chi connectivity index (χ0v) is 8.65. The molecule has 0 radical (unpaired) electrons. The van der Waals surface area contributed by atoms with Crippen LogP contribution in [0.25, 0.3) is 0 Å². The molecule has 0 aliphatic heterocycles. The summed E-state index contributed by atoms with van der Waals surface area (Å²) in [6, 6.07) is 1.54. The van der Waals surface area contributed by atoms with E-state index in [9.17, 15) is 23.1 Å². The number of hydrogen-bond acceptors (Lipinski definition) is 3. The Morgan fingerprint density at radius 2 is 2.00 bits per heavy atom. The normalized spacial score (nSPS) is 12.6. The third-order valence-corrected chi connectivity index (χ3v) is 2.00. The van der Waals surface area contributed by atoms with Gasteiger partial charge in [0.2, 0.25) is 0 Å². The summed E-state index contributed by atoms with van der Waals surface area (Å²) in [5.41, 5.74) is -0.573. The van der Waals surface area contributed by atoms with Gasteiger partial charge in [-0.25, -0.2) is 9.18 Å². The van der Waals surface area contributed by atoms with E-state index < -0.39 is 35.8 Å². The minimum atomic E-state index is -3.20. The molecule has 7 heteroatoms. The molecular weight excluding hydrogens is 241 g/mol. The number of rotatable bonds is 4. The number of carboxylic acids is 1. The Morgan fingerprint density at radius 3 is 2.47 bits per heavy atom. The predicted octanol–water partition coefficient (Wildman–Crippen LogP) is 1.85. The van der Waals surface area contributed by atoms with Crippen molar-refractivity contribution in [2.45, 2.75) is 19.6 Å². The maximum absolute atomic E-state index is 13.0. The summed E-state index contributed by atoms with van der Waals surface area (Å²) in [5.74, 6) is -3.06. The standard InChI is InChI=1S/C10H9F3O4/c1-4-2-5(11)3-6(7(14)9(15)16)8(4)17-10(12)13/h2-3,7,10,14H,1H3,(H,15,16). The summed E-state index contributed by atoms with van der Waals surface area (Å²) in [5, 5.41) is 17.8. The second-order valence-electron chi connectivity index (χ2n) is 3.26. The highest BCUT2D eigenvalue weighted by atomic mass is 19.3. The lowest BCUT2D eigenvalue weighted by atomic mass is 10.0. The number of aliphatic hydroxyl groups is 1. The number of carboxylic acid groups (broad SMARTS) is 1. The molecule has 0 spiro atoms. The molecule has 0 saturated carbocycles. The van der Waals surface area contributed by atoms with Crippen molar-refractivity contribution < 1.29 is 32.9 Å². The number of alkyl halides is 2. The fraction of sp³-hybridized carbons (Fsp3) is 0.300. The maximum Gasteiger partial charge on any atom is 0.387 e. The van der Waals surface area contributed by atoms with E-state index in [1.54, 1.807) is 0 Å². The lowest BCUT2D eigenvalue weighted by Gasteiger charge is -2.15. The Kier molecular flexibility index (Phi) is 3.95. The largest absolute Gasteiger partial charge is 0.479 e. The number of aliphatic hydroxyl groups excluding tert-OH is 1. The number of carbonyl (C=O) groups is 1. The first-order valence-corrected chi connectivity index (χ1v) is 4.48. The van der Waals surface area contributed by atoms with Crippen molar-refractivity contribution in [1.82, 2.24) is 0 Å². The lowest BCUT2D eigenvalue weighted by Crippen LogP contribution is -2.15. The molecule has 17 heavy (non-hydrogen) atoms. The number of hydrogen-bond donors (Lipinski definition) is 2. The number of halogens is 3. The van der Waals surface area contributed by atoms with Crippen LogP contribution in [0.1, 0.15) is 17.2 Å². The monoisotopic (exact) mass is 250 g/mol. The molecule has 0 heterocycles. The van der Waals surface area contributed by atoms with Gasteiger partial charge in [0.05, 0.1) is 0 Å². The molecule has 4 nitrogen and oxygen atoms in total. The molecule has 0 aliphatic rings. The first-order valence-electron chi connectivity index (χ1n) is 4.48. The van der Waals surface area contributed by atoms with E-state index in [1.165, 1.54) is 6.92 Å². The van der Waals surface area contributed by atoms with Gasteiger partial charge in [-0.05, 0) is 24.6 Å². The molecule has 0 fully saturated rings. The number of aryl methyl sites for hydroxylation is 1. The molecule has 1 aromatic rings. The fourth-order valence-electron chi connectivity index (χ4n) is 1.34. The van der Waals surface area contributed by atoms with Crippen molar-refractivity contribution in [1.29, 1.82) is 0 Å². The third kappa shape index (κ3) is 3.10. The van der Waals surface area contributed by atoms with Crippen molar-refractivity contribution in [3.8, 4) is 5.75 Å². The average Bonchev–Trinajstić information content (AvgIpc) is 2.20. The van der Waals surface area contributed by atoms with Crippen LogP contribution in [0.3, 0.4) is 0 Å². The molecule has 0 aromatic heterocycles. The molecule has 0 aliphatic carbocycles. The van der Waals surface area contributed by atoms with Crippen LogP contribution < -0.4 is 4.74 Å². The van der Waals surface area contributed by atoms with Gasteiger partial charge in [-0.15, -0.1) is 0 Å². The molecule has 1 aromatic carbocycles. The van der Waals surface area contributed by atoms with E-state index in [4.69, 9.17) is 5.11 Å². The van der Waals surface area contributed by atoms with Gasteiger partial charge >= 0.3 is 12.6 Å². The summed E-state index contributed by atoms with van der Waals surface area (Å²) in [6.45, 7) is -1.93. The SMILES string of the molecule is Cc1cc(F)cc(C(O)C(=O)O)c1OC(F)F. The van der Waals surface area contributed by atoms with Crippen LogP contribution in [-0.4, -0.2) is 22.8 Å². The van der Waals surface area contributed by atoms with E-state index in [2.05, 4.69) is 4.74 Å². The molecule has 0 saturated heterocycles. The van der Waals surface area contributed by atoms with Crippen molar-refractivity contribution in [3.63, 3.8) is 0 Å². The Balaban J connectivity index is 3.29. The van der Waals surface area contributed by atoms with Crippen LogP contribution in [0.4, 0.5) is 13.2 Å². The molecule has 0 amide bonds. The molecule has 94 valence electrons. The van der Waals surface area contributed by atoms with Crippen LogP contribution in [-0.2, 0) is 4.79 Å². The highest BCUT2D eigenvalue weighted by molar-refractivity contribution is 5.75. The molecule has 2 N–H and O–H groups in total. The Labute approximate surface area is 94.3 Å². The molecule has 0 bridgehead atoms. The van der Waals surface area contributed by atoms with Crippen LogP contribution in [0.2, 0.25) is 0 Å². The van der Waals surface area contributed by atoms with E-state index in [0.717, 1.165) is 6.07 Å². The summed E-state index contributed by atoms with van der Waals surface area (Å²) >= 11 is 0. The molecule has 1 atom stereocenters. The van der Waals surface area contributed by atoms with Crippen molar-refractivity contribution in [2.75, 3.05) is 0 Å². The quantitative estimate of drug-likeness (QED) is 0.855. The lowest BCUT2D eigenvalue weighted by molar-refractivity contribution is -0.147. The smallest absolute Gasteiger partial charge is 0.387 e. The third-order valence-electron chi connectivity index (χ3n) is 2.00. The van der Waals surface area contributed by atoms with Crippen LogP contribution in [0, 0.1) is 12.7 Å². The van der Waals surface area contributed by atoms with E-state index in [1.807, 2.05) is 0 Å².